The lowest BCUT2D eigenvalue weighted by molar-refractivity contribution is -0.750. The van der Waals surface area contributed by atoms with Gasteiger partial charge in [0, 0.05) is 48.4 Å². The molecule has 6 rings (SSSR count). The van der Waals surface area contributed by atoms with Crippen LogP contribution in [0.4, 0.5) is 5.13 Å². The number of benzene rings is 1. The molecular weight excluding hydrogens is 476 g/mol. The summed E-state index contributed by atoms with van der Waals surface area (Å²) in [4.78, 5) is 40.8. The zero-order valence-electron chi connectivity index (χ0n) is 19.9. The van der Waals surface area contributed by atoms with Gasteiger partial charge in [0.2, 0.25) is 16.7 Å². The lowest BCUT2D eigenvalue weighted by Gasteiger charge is -2.35. The SMILES string of the molecule is CCc1nsc(NC(=O)c2ccc(C3=NC([C@@H]4CC[C@H]5CCC(=O)N5C4)=C4C=NC=C[N+]34N)cc2)n1. The number of aliphatic imine (C=N–C) groups is 2. The van der Waals surface area contributed by atoms with Crippen LogP contribution in [0.15, 0.2) is 58.0 Å². The summed E-state index contributed by atoms with van der Waals surface area (Å²) < 4.78 is 4.12. The second kappa shape index (κ2) is 8.84. The first-order valence-corrected chi connectivity index (χ1v) is 13.0. The second-order valence-corrected chi connectivity index (χ2v) is 10.2. The van der Waals surface area contributed by atoms with E-state index in [0.29, 0.717) is 41.4 Å². The maximum Gasteiger partial charge on any atom is 0.264 e. The third-order valence-electron chi connectivity index (χ3n) is 7.34. The molecule has 2 aromatic rings. The Hall–Kier alpha value is -3.54. The van der Waals surface area contributed by atoms with Crippen LogP contribution >= 0.6 is 11.5 Å². The van der Waals surface area contributed by atoms with E-state index in [1.165, 1.54) is 11.5 Å². The molecule has 3 atom stereocenters. The molecule has 4 aliphatic rings. The number of amides is 2. The lowest BCUT2D eigenvalue weighted by Crippen LogP contribution is -2.53. The van der Waals surface area contributed by atoms with Crippen molar-refractivity contribution in [2.45, 2.75) is 45.1 Å². The molecule has 0 radical (unpaired) electrons. The van der Waals surface area contributed by atoms with Crippen molar-refractivity contribution < 1.29 is 14.2 Å². The van der Waals surface area contributed by atoms with E-state index in [1.807, 2.05) is 30.2 Å². The van der Waals surface area contributed by atoms with Gasteiger partial charge in [-0.15, -0.1) is 4.59 Å². The standard InChI is InChI=1S/C25H26N8O2S/c1-2-20-28-25(36-31-20)30-24(35)16-5-3-15(4-6-16)23-29-22(19-13-27-11-12-33(19,23)26)17-7-8-18-9-10-21(34)32(18)14-17/h3-6,11-13,17-18H,2,7-10,14,26H2,1H3/p+1/t17-,18+,33?/m1/s1. The highest BCUT2D eigenvalue weighted by Gasteiger charge is 2.47. The van der Waals surface area contributed by atoms with Gasteiger partial charge in [-0.3, -0.25) is 19.9 Å². The molecule has 10 nitrogen and oxygen atoms in total. The minimum absolute atomic E-state index is 0.0805. The summed E-state index contributed by atoms with van der Waals surface area (Å²) >= 11 is 1.17. The predicted octanol–water partition coefficient (Wildman–Crippen LogP) is 2.97. The summed E-state index contributed by atoms with van der Waals surface area (Å²) in [5.74, 6) is 8.36. The number of allylic oxidation sites excluding steroid dienone is 1. The number of quaternary nitrogens is 1. The molecule has 184 valence electrons. The highest BCUT2D eigenvalue weighted by molar-refractivity contribution is 7.09. The monoisotopic (exact) mass is 503 g/mol. The number of carbonyl (C=O) groups is 2. The van der Waals surface area contributed by atoms with Crippen LogP contribution in [-0.2, 0) is 11.2 Å². The van der Waals surface area contributed by atoms with Gasteiger partial charge in [0.05, 0.1) is 18.0 Å². The van der Waals surface area contributed by atoms with E-state index in [0.717, 1.165) is 42.6 Å². The fourth-order valence-corrected chi connectivity index (χ4v) is 6.03. The maximum absolute atomic E-state index is 12.7. The fourth-order valence-electron chi connectivity index (χ4n) is 5.38. The number of aromatic nitrogens is 2. The third-order valence-corrected chi connectivity index (χ3v) is 8.01. The smallest absolute Gasteiger partial charge is 0.264 e. The number of nitrogens with one attached hydrogen (secondary N) is 1. The number of hydrogen-bond acceptors (Lipinski definition) is 8. The van der Waals surface area contributed by atoms with Crippen LogP contribution in [0.3, 0.4) is 0 Å². The van der Waals surface area contributed by atoms with E-state index in [-0.39, 0.29) is 22.3 Å². The Labute approximate surface area is 212 Å². The maximum atomic E-state index is 12.7. The number of carbonyl (C=O) groups excluding carboxylic acids is 2. The van der Waals surface area contributed by atoms with Crippen molar-refractivity contribution in [1.29, 1.82) is 0 Å². The Morgan fingerprint density at radius 3 is 2.86 bits per heavy atom. The van der Waals surface area contributed by atoms with Crippen molar-refractivity contribution in [1.82, 2.24) is 14.3 Å². The first kappa shape index (κ1) is 22.9. The minimum Gasteiger partial charge on any atom is -0.339 e. The van der Waals surface area contributed by atoms with Gasteiger partial charge in [-0.2, -0.15) is 15.2 Å². The van der Waals surface area contributed by atoms with Gasteiger partial charge < -0.3 is 4.90 Å². The molecule has 0 aliphatic carbocycles. The average molecular weight is 504 g/mol. The molecule has 5 heterocycles. The molecule has 11 heteroatoms. The van der Waals surface area contributed by atoms with E-state index in [4.69, 9.17) is 10.8 Å². The number of nitrogens with zero attached hydrogens (tertiary/aromatic N) is 6. The van der Waals surface area contributed by atoms with E-state index in [9.17, 15) is 9.59 Å². The van der Waals surface area contributed by atoms with Crippen molar-refractivity contribution in [3.05, 3.63) is 65.0 Å². The molecule has 4 aliphatic heterocycles. The van der Waals surface area contributed by atoms with Crippen molar-refractivity contribution in [3.8, 4) is 0 Å². The van der Waals surface area contributed by atoms with Gasteiger partial charge in [-0.05, 0) is 43.5 Å². The van der Waals surface area contributed by atoms with Gasteiger partial charge in [0.15, 0.2) is 0 Å². The summed E-state index contributed by atoms with van der Waals surface area (Å²) in [5.41, 5.74) is 3.04. The topological polar surface area (TPSA) is 126 Å². The number of rotatable bonds is 5. The Kier molecular flexibility index (Phi) is 5.62. The molecule has 2 saturated heterocycles. The molecule has 0 saturated carbocycles. The largest absolute Gasteiger partial charge is 0.339 e. The van der Waals surface area contributed by atoms with Crippen molar-refractivity contribution >= 4 is 40.5 Å². The van der Waals surface area contributed by atoms with E-state index in [2.05, 4.69) is 19.7 Å². The molecule has 0 bridgehead atoms. The van der Waals surface area contributed by atoms with Crippen molar-refractivity contribution in [2.24, 2.45) is 21.7 Å². The molecule has 36 heavy (non-hydrogen) atoms. The van der Waals surface area contributed by atoms with Crippen LogP contribution in [0.1, 0.15) is 54.4 Å². The van der Waals surface area contributed by atoms with Crippen LogP contribution in [0.2, 0.25) is 0 Å². The Morgan fingerprint density at radius 2 is 2.08 bits per heavy atom. The first-order valence-electron chi connectivity index (χ1n) is 12.2. The Balaban J connectivity index is 1.26. The van der Waals surface area contributed by atoms with Gasteiger partial charge in [0.25, 0.3) is 11.7 Å². The quantitative estimate of drug-likeness (QED) is 0.479. The molecular formula is C25H27N8O2S+. The Bertz CT molecular complexity index is 1360. The van der Waals surface area contributed by atoms with E-state index in [1.54, 1.807) is 24.5 Å². The van der Waals surface area contributed by atoms with Crippen LogP contribution in [0, 0.1) is 5.92 Å². The highest BCUT2D eigenvalue weighted by atomic mass is 32.1. The fraction of sp³-hybridized carbons (Fsp3) is 0.360. The van der Waals surface area contributed by atoms with Crippen LogP contribution in [0.5, 0.6) is 0 Å². The summed E-state index contributed by atoms with van der Waals surface area (Å²) in [6.07, 6.45) is 9.52. The molecule has 1 aromatic heterocycles. The molecule has 2 fully saturated rings. The summed E-state index contributed by atoms with van der Waals surface area (Å²) in [5, 5.41) is 3.29. The summed E-state index contributed by atoms with van der Waals surface area (Å²) in [7, 11) is 0. The number of aryl methyl sites for hydroxylation is 1. The molecule has 2 amide bonds. The molecule has 0 spiro atoms. The normalized spacial score (nSPS) is 26.8. The average Bonchev–Trinajstić information content (AvgIpc) is 3.59. The summed E-state index contributed by atoms with van der Waals surface area (Å²) in [6.45, 7) is 2.64. The molecule has 1 unspecified atom stereocenters. The minimum atomic E-state index is -0.248. The highest BCUT2D eigenvalue weighted by Crippen LogP contribution is 2.40. The second-order valence-electron chi connectivity index (χ2n) is 9.47. The number of fused-ring (bicyclic) bond motifs is 2. The van der Waals surface area contributed by atoms with Gasteiger partial charge in [-0.1, -0.05) is 6.92 Å². The predicted molar refractivity (Wildman–Crippen MR) is 137 cm³/mol. The zero-order chi connectivity index (χ0) is 24.9. The molecule has 1 aromatic carbocycles. The van der Waals surface area contributed by atoms with Gasteiger partial charge in [-0.25, -0.2) is 4.98 Å². The third kappa shape index (κ3) is 3.80. The van der Waals surface area contributed by atoms with Gasteiger partial charge >= 0.3 is 0 Å². The summed E-state index contributed by atoms with van der Waals surface area (Å²) in [6, 6.07) is 7.59. The van der Waals surface area contributed by atoms with Gasteiger partial charge in [0.1, 0.15) is 17.7 Å². The van der Waals surface area contributed by atoms with Crippen molar-refractivity contribution in [3.63, 3.8) is 0 Å². The lowest BCUT2D eigenvalue weighted by atomic mass is 9.90. The number of hydrogen-bond donors (Lipinski definition) is 2. The van der Waals surface area contributed by atoms with Crippen LogP contribution in [0.25, 0.3) is 0 Å². The number of piperidine rings is 1. The van der Waals surface area contributed by atoms with Crippen LogP contribution < -0.4 is 11.2 Å². The number of nitrogens with two attached hydrogens (primary N) is 1. The van der Waals surface area contributed by atoms with Crippen molar-refractivity contribution in [2.75, 3.05) is 11.9 Å². The number of anilines is 1. The van der Waals surface area contributed by atoms with E-state index >= 15 is 0 Å². The number of amidine groups is 1. The Morgan fingerprint density at radius 1 is 1.25 bits per heavy atom. The van der Waals surface area contributed by atoms with E-state index < -0.39 is 0 Å². The first-order chi connectivity index (χ1) is 17.5. The molecule has 3 N–H and O–H groups in total. The van der Waals surface area contributed by atoms with Crippen LogP contribution in [-0.4, -0.2) is 55.3 Å². The zero-order valence-corrected chi connectivity index (χ0v) is 20.7.